The summed E-state index contributed by atoms with van der Waals surface area (Å²) in [6.45, 7) is 5.21. The van der Waals surface area contributed by atoms with E-state index in [2.05, 4.69) is 24.3 Å². The van der Waals surface area contributed by atoms with Gasteiger partial charge in [0, 0.05) is 7.05 Å². The molecule has 1 aromatic rings. The van der Waals surface area contributed by atoms with E-state index in [0.717, 1.165) is 24.4 Å². The van der Waals surface area contributed by atoms with Crippen molar-refractivity contribution in [2.75, 3.05) is 13.7 Å². The Kier molecular flexibility index (Phi) is 3.95. The Labute approximate surface area is 85.3 Å². The van der Waals surface area contributed by atoms with Gasteiger partial charge >= 0.3 is 0 Å². The lowest BCUT2D eigenvalue weighted by molar-refractivity contribution is 0.392. The van der Waals surface area contributed by atoms with Crippen molar-refractivity contribution in [2.45, 2.75) is 26.3 Å². The van der Waals surface area contributed by atoms with Gasteiger partial charge < -0.3 is 10.1 Å². The Hall–Kier alpha value is -1.03. The van der Waals surface area contributed by atoms with Gasteiger partial charge in [0.25, 0.3) is 0 Å². The molecule has 0 amide bonds. The van der Waals surface area contributed by atoms with Crippen LogP contribution >= 0.6 is 0 Å². The predicted octanol–water partition coefficient (Wildman–Crippen LogP) is 1.49. The van der Waals surface area contributed by atoms with Crippen LogP contribution in [0.4, 0.5) is 0 Å². The summed E-state index contributed by atoms with van der Waals surface area (Å²) in [4.78, 5) is 0. The zero-order valence-electron chi connectivity index (χ0n) is 9.37. The van der Waals surface area contributed by atoms with E-state index in [1.165, 1.54) is 0 Å². The summed E-state index contributed by atoms with van der Waals surface area (Å²) in [7, 11) is 3.62. The minimum Gasteiger partial charge on any atom is -0.493 e. The fourth-order valence-corrected chi connectivity index (χ4v) is 1.66. The second kappa shape index (κ2) is 5.00. The van der Waals surface area contributed by atoms with E-state index in [1.54, 1.807) is 13.3 Å². The molecule has 1 atom stereocenters. The molecule has 0 bridgehead atoms. The van der Waals surface area contributed by atoms with Gasteiger partial charge in [-0.15, -0.1) is 0 Å². The number of aryl methyl sites for hydroxylation is 1. The summed E-state index contributed by atoms with van der Waals surface area (Å²) in [5.41, 5.74) is 1.12. The van der Waals surface area contributed by atoms with Crippen molar-refractivity contribution in [1.29, 1.82) is 0 Å². The van der Waals surface area contributed by atoms with Crippen LogP contribution in [0.3, 0.4) is 0 Å². The minimum atomic E-state index is 0.322. The van der Waals surface area contributed by atoms with Crippen molar-refractivity contribution in [3.05, 3.63) is 11.9 Å². The monoisotopic (exact) mass is 197 g/mol. The summed E-state index contributed by atoms with van der Waals surface area (Å²) in [6, 6.07) is 0.322. The SMILES string of the molecule is CCNC(CC)c1c(OC)cnn1C. The van der Waals surface area contributed by atoms with Gasteiger partial charge in [0.1, 0.15) is 0 Å². The van der Waals surface area contributed by atoms with Gasteiger partial charge in [0.05, 0.1) is 25.0 Å². The zero-order valence-corrected chi connectivity index (χ0v) is 9.37. The third-order valence-corrected chi connectivity index (χ3v) is 2.36. The Balaban J connectivity index is 2.94. The molecule has 14 heavy (non-hydrogen) atoms. The smallest absolute Gasteiger partial charge is 0.161 e. The van der Waals surface area contributed by atoms with E-state index in [0.29, 0.717) is 6.04 Å². The largest absolute Gasteiger partial charge is 0.493 e. The molecule has 4 heteroatoms. The van der Waals surface area contributed by atoms with Crippen LogP contribution in [-0.4, -0.2) is 23.4 Å². The highest BCUT2D eigenvalue weighted by Crippen LogP contribution is 2.25. The molecule has 0 aliphatic carbocycles. The third kappa shape index (κ3) is 2.07. The average Bonchev–Trinajstić information content (AvgIpc) is 2.56. The summed E-state index contributed by atoms with van der Waals surface area (Å²) in [5.74, 6) is 0.861. The molecule has 0 spiro atoms. The van der Waals surface area contributed by atoms with Crippen molar-refractivity contribution in [3.63, 3.8) is 0 Å². The average molecular weight is 197 g/mol. The van der Waals surface area contributed by atoms with Gasteiger partial charge in [-0.2, -0.15) is 5.10 Å². The molecule has 1 heterocycles. The molecule has 1 N–H and O–H groups in total. The molecular weight excluding hydrogens is 178 g/mol. The predicted molar refractivity (Wildman–Crippen MR) is 56.5 cm³/mol. The Morgan fingerprint density at radius 2 is 2.29 bits per heavy atom. The lowest BCUT2D eigenvalue weighted by Crippen LogP contribution is -2.23. The molecule has 0 fully saturated rings. The first-order valence-corrected chi connectivity index (χ1v) is 5.03. The molecule has 0 radical (unpaired) electrons. The fourth-order valence-electron chi connectivity index (χ4n) is 1.66. The van der Waals surface area contributed by atoms with Crippen molar-refractivity contribution >= 4 is 0 Å². The van der Waals surface area contributed by atoms with E-state index in [9.17, 15) is 0 Å². The number of hydrogen-bond donors (Lipinski definition) is 1. The maximum absolute atomic E-state index is 5.27. The maximum Gasteiger partial charge on any atom is 0.161 e. The fraction of sp³-hybridized carbons (Fsp3) is 0.700. The molecule has 1 rings (SSSR count). The Morgan fingerprint density at radius 3 is 2.79 bits per heavy atom. The number of rotatable bonds is 5. The van der Waals surface area contributed by atoms with Crippen molar-refractivity contribution < 1.29 is 4.74 Å². The molecule has 0 aliphatic heterocycles. The normalized spacial score (nSPS) is 12.9. The topological polar surface area (TPSA) is 39.1 Å². The second-order valence-corrected chi connectivity index (χ2v) is 3.24. The third-order valence-electron chi connectivity index (χ3n) is 2.36. The zero-order chi connectivity index (χ0) is 10.6. The molecule has 0 aromatic carbocycles. The first-order valence-electron chi connectivity index (χ1n) is 5.03. The van der Waals surface area contributed by atoms with Gasteiger partial charge in [-0.1, -0.05) is 13.8 Å². The summed E-state index contributed by atoms with van der Waals surface area (Å²) in [5, 5.41) is 7.60. The van der Waals surface area contributed by atoms with Crippen LogP contribution in [0.2, 0.25) is 0 Å². The number of hydrogen-bond acceptors (Lipinski definition) is 3. The van der Waals surface area contributed by atoms with Crippen molar-refractivity contribution in [2.24, 2.45) is 7.05 Å². The van der Waals surface area contributed by atoms with Crippen LogP contribution in [0.1, 0.15) is 32.0 Å². The summed E-state index contributed by atoms with van der Waals surface area (Å²) in [6.07, 6.45) is 2.79. The van der Waals surface area contributed by atoms with E-state index in [4.69, 9.17) is 4.74 Å². The van der Waals surface area contributed by atoms with E-state index < -0.39 is 0 Å². The van der Waals surface area contributed by atoms with E-state index in [-0.39, 0.29) is 0 Å². The second-order valence-electron chi connectivity index (χ2n) is 3.24. The lowest BCUT2D eigenvalue weighted by atomic mass is 10.1. The molecule has 1 unspecified atom stereocenters. The van der Waals surface area contributed by atoms with Crippen LogP contribution in [-0.2, 0) is 7.05 Å². The van der Waals surface area contributed by atoms with Crippen molar-refractivity contribution in [3.8, 4) is 5.75 Å². The Bertz CT molecular complexity index is 283. The number of methoxy groups -OCH3 is 1. The molecule has 1 aromatic heterocycles. The van der Waals surface area contributed by atoms with E-state index >= 15 is 0 Å². The molecule has 0 aliphatic rings. The minimum absolute atomic E-state index is 0.322. The number of nitrogens with zero attached hydrogens (tertiary/aromatic N) is 2. The molecular formula is C10H19N3O. The van der Waals surface area contributed by atoms with Gasteiger partial charge in [-0.05, 0) is 13.0 Å². The van der Waals surface area contributed by atoms with E-state index in [1.807, 2.05) is 11.7 Å². The highest BCUT2D eigenvalue weighted by Gasteiger charge is 2.17. The van der Waals surface area contributed by atoms with Gasteiger partial charge in [0.2, 0.25) is 0 Å². The number of ether oxygens (including phenoxy) is 1. The van der Waals surface area contributed by atoms with Gasteiger partial charge in [-0.3, -0.25) is 4.68 Å². The molecule has 0 saturated carbocycles. The number of nitrogens with one attached hydrogen (secondary N) is 1. The Morgan fingerprint density at radius 1 is 1.57 bits per heavy atom. The van der Waals surface area contributed by atoms with Crippen LogP contribution in [0.15, 0.2) is 6.20 Å². The van der Waals surface area contributed by atoms with Crippen LogP contribution in [0.25, 0.3) is 0 Å². The number of aromatic nitrogens is 2. The molecule has 4 nitrogen and oxygen atoms in total. The summed E-state index contributed by atoms with van der Waals surface area (Å²) < 4.78 is 7.14. The summed E-state index contributed by atoms with van der Waals surface area (Å²) >= 11 is 0. The van der Waals surface area contributed by atoms with Crippen LogP contribution in [0.5, 0.6) is 5.75 Å². The lowest BCUT2D eigenvalue weighted by Gasteiger charge is -2.17. The quantitative estimate of drug-likeness (QED) is 0.777. The maximum atomic E-state index is 5.27. The van der Waals surface area contributed by atoms with Gasteiger partial charge in [0.15, 0.2) is 5.75 Å². The highest BCUT2D eigenvalue weighted by atomic mass is 16.5. The highest BCUT2D eigenvalue weighted by molar-refractivity contribution is 5.28. The van der Waals surface area contributed by atoms with Crippen molar-refractivity contribution in [1.82, 2.24) is 15.1 Å². The standard InChI is InChI=1S/C10H19N3O/c1-5-8(11-6-2)10-9(14-4)7-12-13(10)3/h7-8,11H,5-6H2,1-4H3. The van der Waals surface area contributed by atoms with Crippen LogP contribution in [0, 0.1) is 0 Å². The molecule has 0 saturated heterocycles. The van der Waals surface area contributed by atoms with Gasteiger partial charge in [-0.25, -0.2) is 0 Å². The van der Waals surface area contributed by atoms with Crippen LogP contribution < -0.4 is 10.1 Å². The molecule has 80 valence electrons. The first kappa shape index (κ1) is 11.0. The first-order chi connectivity index (χ1) is 6.74.